The predicted octanol–water partition coefficient (Wildman–Crippen LogP) is 2.46. The second kappa shape index (κ2) is 10.2. The van der Waals surface area contributed by atoms with Crippen molar-refractivity contribution in [2.24, 2.45) is 5.73 Å². The molecule has 1 aromatic carbocycles. The van der Waals surface area contributed by atoms with Crippen LogP contribution < -0.4 is 20.5 Å². The lowest BCUT2D eigenvalue weighted by molar-refractivity contribution is -0.122. The van der Waals surface area contributed by atoms with Gasteiger partial charge >= 0.3 is 6.61 Å². The normalized spacial score (nSPS) is 11.5. The Hall–Kier alpha value is -1.60. The average Bonchev–Trinajstić information content (AvgIpc) is 2.42. The van der Waals surface area contributed by atoms with E-state index in [1.54, 1.807) is 12.1 Å². The third-order valence-electron chi connectivity index (χ3n) is 2.59. The first kappa shape index (κ1) is 20.4. The molecule has 0 heterocycles. The third-order valence-corrected chi connectivity index (χ3v) is 2.59. The monoisotopic (exact) mass is 338 g/mol. The minimum atomic E-state index is -2.95. The van der Waals surface area contributed by atoms with Crippen LogP contribution in [0.2, 0.25) is 0 Å². The van der Waals surface area contributed by atoms with Crippen molar-refractivity contribution in [3.05, 3.63) is 23.8 Å². The van der Waals surface area contributed by atoms with Crippen molar-refractivity contribution in [2.75, 3.05) is 6.61 Å². The highest BCUT2D eigenvalue weighted by atomic mass is 35.5. The van der Waals surface area contributed by atoms with E-state index in [1.807, 2.05) is 6.92 Å². The van der Waals surface area contributed by atoms with Gasteiger partial charge in [0, 0.05) is 18.2 Å². The molecule has 5 nitrogen and oxygen atoms in total. The molecule has 1 atom stereocenters. The molecule has 0 aliphatic rings. The quantitative estimate of drug-likeness (QED) is 0.763. The van der Waals surface area contributed by atoms with Crippen LogP contribution in [0.25, 0.3) is 0 Å². The summed E-state index contributed by atoms with van der Waals surface area (Å²) in [6.45, 7) is 1.06. The van der Waals surface area contributed by atoms with Crippen molar-refractivity contribution >= 4 is 18.3 Å². The van der Waals surface area contributed by atoms with E-state index >= 15 is 0 Å². The molecule has 0 spiro atoms. The number of benzene rings is 1. The number of amides is 1. The molecule has 0 radical (unpaired) electrons. The standard InChI is InChI=1S/C14H20F2N2O3.ClH/c1-3-6-20-11-5-4-10(8-18-13(19)9(2)17)12(7-11)21-14(15)16;/h4-5,7,9,14H,3,6,8,17H2,1-2H3,(H,18,19);1H/t9-;/m1./s1. The fraction of sp³-hybridized carbons (Fsp3) is 0.500. The summed E-state index contributed by atoms with van der Waals surface area (Å²) in [5.41, 5.74) is 5.84. The zero-order valence-electron chi connectivity index (χ0n) is 12.5. The van der Waals surface area contributed by atoms with Gasteiger partial charge in [-0.25, -0.2) is 0 Å². The first-order valence-corrected chi connectivity index (χ1v) is 6.67. The molecule has 0 aliphatic carbocycles. The highest BCUT2D eigenvalue weighted by molar-refractivity contribution is 5.85. The average molecular weight is 339 g/mol. The Balaban J connectivity index is 0.00000441. The number of carbonyl (C=O) groups excluding carboxylic acids is 1. The second-order valence-electron chi connectivity index (χ2n) is 4.50. The summed E-state index contributed by atoms with van der Waals surface area (Å²) in [5.74, 6) is 0.0441. The minimum absolute atomic E-state index is 0. The zero-order valence-corrected chi connectivity index (χ0v) is 13.3. The fourth-order valence-corrected chi connectivity index (χ4v) is 1.54. The van der Waals surface area contributed by atoms with Gasteiger partial charge in [-0.05, 0) is 25.5 Å². The van der Waals surface area contributed by atoms with Gasteiger partial charge in [0.15, 0.2) is 0 Å². The maximum absolute atomic E-state index is 12.4. The largest absolute Gasteiger partial charge is 0.493 e. The van der Waals surface area contributed by atoms with Crippen LogP contribution in [0, 0.1) is 0 Å². The Labute approximate surface area is 134 Å². The molecule has 0 aliphatic heterocycles. The molecule has 0 fully saturated rings. The smallest absolute Gasteiger partial charge is 0.387 e. The van der Waals surface area contributed by atoms with E-state index in [9.17, 15) is 13.6 Å². The number of hydrogen-bond donors (Lipinski definition) is 2. The molecule has 0 aromatic heterocycles. The summed E-state index contributed by atoms with van der Waals surface area (Å²) in [5, 5.41) is 2.55. The van der Waals surface area contributed by atoms with Gasteiger partial charge in [-0.15, -0.1) is 12.4 Å². The molecule has 0 saturated heterocycles. The van der Waals surface area contributed by atoms with Crippen molar-refractivity contribution in [3.63, 3.8) is 0 Å². The van der Waals surface area contributed by atoms with Crippen LogP contribution in [-0.4, -0.2) is 25.2 Å². The molecular weight excluding hydrogens is 318 g/mol. The van der Waals surface area contributed by atoms with Gasteiger partial charge in [0.2, 0.25) is 5.91 Å². The molecule has 1 amide bonds. The molecule has 1 aromatic rings. The van der Waals surface area contributed by atoms with Crippen molar-refractivity contribution in [1.82, 2.24) is 5.32 Å². The van der Waals surface area contributed by atoms with Crippen molar-refractivity contribution in [2.45, 2.75) is 39.5 Å². The summed E-state index contributed by atoms with van der Waals surface area (Å²) >= 11 is 0. The molecule has 3 N–H and O–H groups in total. The van der Waals surface area contributed by atoms with Crippen LogP contribution in [0.3, 0.4) is 0 Å². The maximum atomic E-state index is 12.4. The van der Waals surface area contributed by atoms with Gasteiger partial charge in [0.25, 0.3) is 0 Å². The lowest BCUT2D eigenvalue weighted by atomic mass is 10.2. The molecule has 0 saturated carbocycles. The number of rotatable bonds is 8. The van der Waals surface area contributed by atoms with Gasteiger partial charge in [-0.3, -0.25) is 4.79 Å². The Kier molecular flexibility index (Phi) is 9.44. The number of ether oxygens (including phenoxy) is 2. The molecule has 0 bridgehead atoms. The van der Waals surface area contributed by atoms with E-state index in [4.69, 9.17) is 10.5 Å². The molecular formula is C14H21ClF2N2O3. The second-order valence-corrected chi connectivity index (χ2v) is 4.50. The lowest BCUT2D eigenvalue weighted by Crippen LogP contribution is -2.37. The number of alkyl halides is 2. The zero-order chi connectivity index (χ0) is 15.8. The van der Waals surface area contributed by atoms with E-state index in [-0.39, 0.29) is 30.6 Å². The van der Waals surface area contributed by atoms with Crippen molar-refractivity contribution in [3.8, 4) is 11.5 Å². The summed E-state index contributed by atoms with van der Waals surface area (Å²) in [6.07, 6.45) is 0.803. The topological polar surface area (TPSA) is 73.6 Å². The number of halogens is 3. The van der Waals surface area contributed by atoms with Crippen LogP contribution in [0.5, 0.6) is 11.5 Å². The number of nitrogens with two attached hydrogens (primary N) is 1. The van der Waals surface area contributed by atoms with Crippen LogP contribution >= 0.6 is 12.4 Å². The maximum Gasteiger partial charge on any atom is 0.387 e. The van der Waals surface area contributed by atoms with E-state index in [0.717, 1.165) is 6.42 Å². The van der Waals surface area contributed by atoms with E-state index in [2.05, 4.69) is 10.1 Å². The van der Waals surface area contributed by atoms with Gasteiger partial charge in [-0.1, -0.05) is 6.92 Å². The fourth-order valence-electron chi connectivity index (χ4n) is 1.54. The summed E-state index contributed by atoms with van der Waals surface area (Å²) in [4.78, 5) is 11.4. The highest BCUT2D eigenvalue weighted by Crippen LogP contribution is 2.26. The van der Waals surface area contributed by atoms with Gasteiger partial charge in [0.05, 0.1) is 12.6 Å². The van der Waals surface area contributed by atoms with Crippen LogP contribution in [0.4, 0.5) is 8.78 Å². The summed E-state index contributed by atoms with van der Waals surface area (Å²) < 4.78 is 34.7. The van der Waals surface area contributed by atoms with Crippen LogP contribution in [0.1, 0.15) is 25.8 Å². The van der Waals surface area contributed by atoms with Crippen molar-refractivity contribution in [1.29, 1.82) is 0 Å². The van der Waals surface area contributed by atoms with Crippen LogP contribution in [0.15, 0.2) is 18.2 Å². The lowest BCUT2D eigenvalue weighted by Gasteiger charge is -2.14. The van der Waals surface area contributed by atoms with E-state index < -0.39 is 12.7 Å². The first-order valence-electron chi connectivity index (χ1n) is 6.67. The number of carbonyl (C=O) groups is 1. The van der Waals surface area contributed by atoms with Crippen molar-refractivity contribution < 1.29 is 23.0 Å². The summed E-state index contributed by atoms with van der Waals surface area (Å²) in [7, 11) is 0. The van der Waals surface area contributed by atoms with Gasteiger partial charge in [0.1, 0.15) is 11.5 Å². The number of hydrogen-bond acceptors (Lipinski definition) is 4. The minimum Gasteiger partial charge on any atom is -0.493 e. The Morgan fingerprint density at radius 1 is 1.41 bits per heavy atom. The van der Waals surface area contributed by atoms with Crippen LogP contribution in [-0.2, 0) is 11.3 Å². The number of nitrogens with one attached hydrogen (secondary N) is 1. The Morgan fingerprint density at radius 3 is 2.64 bits per heavy atom. The summed E-state index contributed by atoms with van der Waals surface area (Å²) in [6, 6.07) is 3.93. The molecule has 126 valence electrons. The SMILES string of the molecule is CCCOc1ccc(CNC(=O)[C@@H](C)N)c(OC(F)F)c1.Cl. The van der Waals surface area contributed by atoms with E-state index in [1.165, 1.54) is 13.0 Å². The first-order chi connectivity index (χ1) is 9.93. The third kappa shape index (κ3) is 6.91. The Morgan fingerprint density at radius 2 is 2.09 bits per heavy atom. The predicted molar refractivity (Wildman–Crippen MR) is 81.6 cm³/mol. The highest BCUT2D eigenvalue weighted by Gasteiger charge is 2.13. The van der Waals surface area contributed by atoms with Gasteiger partial charge < -0.3 is 20.5 Å². The van der Waals surface area contributed by atoms with Gasteiger partial charge in [-0.2, -0.15) is 8.78 Å². The molecule has 8 heteroatoms. The molecule has 1 rings (SSSR count). The molecule has 0 unspecified atom stereocenters. The molecule has 22 heavy (non-hydrogen) atoms. The van der Waals surface area contributed by atoms with E-state index in [0.29, 0.717) is 17.9 Å². The Bertz CT molecular complexity index is 473.